The molecule has 2 aromatic carbocycles. The SMILES string of the molecule is COc1ccccc1C(=O)N[C@H](CCS(C)(=O)=O)C(=O)Nc1ccc(C)cc1. The Kier molecular flexibility index (Phi) is 7.17. The van der Waals surface area contributed by atoms with Crippen LogP contribution in [-0.2, 0) is 14.6 Å². The number of carbonyl (C=O) groups is 2. The number of rotatable bonds is 8. The van der Waals surface area contributed by atoms with Crippen LogP contribution >= 0.6 is 0 Å². The second kappa shape index (κ2) is 9.36. The van der Waals surface area contributed by atoms with Crippen LogP contribution in [0, 0.1) is 6.92 Å². The van der Waals surface area contributed by atoms with Gasteiger partial charge in [-0.15, -0.1) is 0 Å². The van der Waals surface area contributed by atoms with E-state index in [-0.39, 0.29) is 17.7 Å². The molecule has 0 aromatic heterocycles. The van der Waals surface area contributed by atoms with E-state index in [0.717, 1.165) is 11.8 Å². The van der Waals surface area contributed by atoms with Gasteiger partial charge in [0, 0.05) is 11.9 Å². The molecule has 0 bridgehead atoms. The second-order valence-electron chi connectivity index (χ2n) is 6.50. The van der Waals surface area contributed by atoms with Crippen LogP contribution in [-0.4, -0.2) is 45.4 Å². The van der Waals surface area contributed by atoms with Crippen molar-refractivity contribution in [3.8, 4) is 5.75 Å². The first-order chi connectivity index (χ1) is 13.2. The maximum absolute atomic E-state index is 12.7. The molecule has 0 saturated carbocycles. The third kappa shape index (κ3) is 6.38. The summed E-state index contributed by atoms with van der Waals surface area (Å²) in [4.78, 5) is 25.3. The van der Waals surface area contributed by atoms with Crippen LogP contribution in [0.4, 0.5) is 5.69 Å². The van der Waals surface area contributed by atoms with Gasteiger partial charge in [0.1, 0.15) is 21.6 Å². The lowest BCUT2D eigenvalue weighted by molar-refractivity contribution is -0.118. The van der Waals surface area contributed by atoms with E-state index in [1.165, 1.54) is 7.11 Å². The van der Waals surface area contributed by atoms with E-state index >= 15 is 0 Å². The number of amides is 2. The van der Waals surface area contributed by atoms with E-state index in [4.69, 9.17) is 4.74 Å². The molecule has 0 unspecified atom stereocenters. The Morgan fingerprint density at radius 2 is 1.71 bits per heavy atom. The predicted octanol–water partition coefficient (Wildman–Crippen LogP) is 2.18. The van der Waals surface area contributed by atoms with Crippen LogP contribution < -0.4 is 15.4 Å². The quantitative estimate of drug-likeness (QED) is 0.702. The van der Waals surface area contributed by atoms with Crippen LogP contribution in [0.1, 0.15) is 22.3 Å². The van der Waals surface area contributed by atoms with Gasteiger partial charge in [0.15, 0.2) is 0 Å². The van der Waals surface area contributed by atoms with E-state index in [1.54, 1.807) is 36.4 Å². The standard InChI is InChI=1S/C20H24N2O5S/c1-14-8-10-15(11-9-14)21-20(24)17(12-13-28(3,25)26)22-19(23)16-6-4-5-7-18(16)27-2/h4-11,17H,12-13H2,1-3H3,(H,21,24)(H,22,23)/t17-/m1/s1. The van der Waals surface area contributed by atoms with Crippen LogP contribution in [0.3, 0.4) is 0 Å². The van der Waals surface area contributed by atoms with Gasteiger partial charge in [-0.25, -0.2) is 8.42 Å². The van der Waals surface area contributed by atoms with E-state index in [1.807, 2.05) is 19.1 Å². The Balaban J connectivity index is 2.19. The zero-order chi connectivity index (χ0) is 20.7. The molecular formula is C20H24N2O5S. The molecule has 0 spiro atoms. The lowest BCUT2D eigenvalue weighted by Crippen LogP contribution is -2.44. The fourth-order valence-electron chi connectivity index (χ4n) is 2.54. The molecule has 2 amide bonds. The number of carbonyl (C=O) groups excluding carboxylic acids is 2. The summed E-state index contributed by atoms with van der Waals surface area (Å²) in [6, 6.07) is 12.7. The van der Waals surface area contributed by atoms with E-state index < -0.39 is 27.7 Å². The summed E-state index contributed by atoms with van der Waals surface area (Å²) in [6.07, 6.45) is 1.04. The van der Waals surface area contributed by atoms with Gasteiger partial charge in [0.05, 0.1) is 18.4 Å². The van der Waals surface area contributed by atoms with Crippen molar-refractivity contribution in [1.82, 2.24) is 5.32 Å². The van der Waals surface area contributed by atoms with Gasteiger partial charge in [0.25, 0.3) is 5.91 Å². The molecule has 0 radical (unpaired) electrons. The zero-order valence-corrected chi connectivity index (χ0v) is 16.9. The molecule has 28 heavy (non-hydrogen) atoms. The number of hydrogen-bond acceptors (Lipinski definition) is 5. The number of nitrogens with one attached hydrogen (secondary N) is 2. The molecule has 0 heterocycles. The van der Waals surface area contributed by atoms with E-state index in [0.29, 0.717) is 11.4 Å². The largest absolute Gasteiger partial charge is 0.496 e. The predicted molar refractivity (Wildman–Crippen MR) is 108 cm³/mol. The van der Waals surface area contributed by atoms with Crippen LogP contribution in [0.15, 0.2) is 48.5 Å². The molecule has 1 atom stereocenters. The zero-order valence-electron chi connectivity index (χ0n) is 16.1. The first-order valence-corrected chi connectivity index (χ1v) is 10.7. The van der Waals surface area contributed by atoms with Crippen LogP contribution in [0.25, 0.3) is 0 Å². The Morgan fingerprint density at radius 3 is 2.32 bits per heavy atom. The molecule has 2 rings (SSSR count). The summed E-state index contributed by atoms with van der Waals surface area (Å²) in [7, 11) is -1.86. The summed E-state index contributed by atoms with van der Waals surface area (Å²) in [5.74, 6) is -0.878. The molecule has 2 aromatic rings. The van der Waals surface area contributed by atoms with E-state index in [2.05, 4.69) is 10.6 Å². The molecule has 2 N–H and O–H groups in total. The summed E-state index contributed by atoms with van der Waals surface area (Å²) >= 11 is 0. The third-order valence-electron chi connectivity index (χ3n) is 4.07. The molecule has 0 fully saturated rings. The highest BCUT2D eigenvalue weighted by molar-refractivity contribution is 7.90. The highest BCUT2D eigenvalue weighted by Gasteiger charge is 2.24. The van der Waals surface area contributed by atoms with Gasteiger partial charge in [-0.3, -0.25) is 9.59 Å². The van der Waals surface area contributed by atoms with Crippen molar-refractivity contribution in [3.05, 3.63) is 59.7 Å². The Morgan fingerprint density at radius 1 is 1.07 bits per heavy atom. The van der Waals surface area contributed by atoms with Gasteiger partial charge in [-0.1, -0.05) is 29.8 Å². The first-order valence-electron chi connectivity index (χ1n) is 8.69. The monoisotopic (exact) mass is 404 g/mol. The third-order valence-corrected chi connectivity index (χ3v) is 5.05. The van der Waals surface area contributed by atoms with E-state index in [9.17, 15) is 18.0 Å². The average Bonchev–Trinajstić information content (AvgIpc) is 2.65. The lowest BCUT2D eigenvalue weighted by Gasteiger charge is -2.19. The van der Waals surface area contributed by atoms with Crippen LogP contribution in [0.5, 0.6) is 5.75 Å². The van der Waals surface area contributed by atoms with Gasteiger partial charge in [0.2, 0.25) is 5.91 Å². The molecule has 0 aliphatic rings. The van der Waals surface area contributed by atoms with Crippen molar-refractivity contribution in [3.63, 3.8) is 0 Å². The summed E-state index contributed by atoms with van der Waals surface area (Å²) in [5.41, 5.74) is 1.86. The van der Waals surface area contributed by atoms with Gasteiger partial charge >= 0.3 is 0 Å². The molecule has 8 heteroatoms. The molecular weight excluding hydrogens is 380 g/mol. The lowest BCUT2D eigenvalue weighted by atomic mass is 10.1. The second-order valence-corrected chi connectivity index (χ2v) is 8.76. The minimum Gasteiger partial charge on any atom is -0.496 e. The number of ether oxygens (including phenoxy) is 1. The minimum atomic E-state index is -3.30. The molecule has 150 valence electrons. The average molecular weight is 404 g/mol. The summed E-state index contributed by atoms with van der Waals surface area (Å²) in [5, 5.41) is 5.33. The van der Waals surface area contributed by atoms with Gasteiger partial charge in [-0.2, -0.15) is 0 Å². The number of methoxy groups -OCH3 is 1. The fraction of sp³-hybridized carbons (Fsp3) is 0.300. The maximum atomic E-state index is 12.7. The van der Waals surface area contributed by atoms with Crippen molar-refractivity contribution < 1.29 is 22.7 Å². The minimum absolute atomic E-state index is 0.0442. The van der Waals surface area contributed by atoms with Gasteiger partial charge in [-0.05, 0) is 37.6 Å². The van der Waals surface area contributed by atoms with Crippen molar-refractivity contribution in [1.29, 1.82) is 0 Å². The normalized spacial score (nSPS) is 12.1. The molecule has 0 aliphatic carbocycles. The van der Waals surface area contributed by atoms with Crippen molar-refractivity contribution in [2.24, 2.45) is 0 Å². The number of aryl methyl sites for hydroxylation is 1. The Bertz CT molecular complexity index is 939. The first kappa shape index (κ1) is 21.4. The number of hydrogen-bond donors (Lipinski definition) is 2. The number of para-hydroxylation sites is 1. The Hall–Kier alpha value is -2.87. The maximum Gasteiger partial charge on any atom is 0.255 e. The smallest absolute Gasteiger partial charge is 0.255 e. The molecule has 0 saturated heterocycles. The van der Waals surface area contributed by atoms with Gasteiger partial charge < -0.3 is 15.4 Å². The topological polar surface area (TPSA) is 102 Å². The fourth-order valence-corrected chi connectivity index (χ4v) is 3.20. The highest BCUT2D eigenvalue weighted by Crippen LogP contribution is 2.17. The van der Waals surface area contributed by atoms with Crippen molar-refractivity contribution >= 4 is 27.3 Å². The Labute approximate surface area is 165 Å². The van der Waals surface area contributed by atoms with Crippen molar-refractivity contribution in [2.45, 2.75) is 19.4 Å². The molecule has 7 nitrogen and oxygen atoms in total. The number of sulfone groups is 1. The molecule has 0 aliphatic heterocycles. The van der Waals surface area contributed by atoms with Crippen LogP contribution in [0.2, 0.25) is 0 Å². The summed E-state index contributed by atoms with van der Waals surface area (Å²) < 4.78 is 28.3. The summed E-state index contributed by atoms with van der Waals surface area (Å²) in [6.45, 7) is 1.92. The number of benzene rings is 2. The van der Waals surface area contributed by atoms with Crippen molar-refractivity contribution in [2.75, 3.05) is 24.4 Å². The number of anilines is 1. The highest BCUT2D eigenvalue weighted by atomic mass is 32.2.